The quantitative estimate of drug-likeness (QED) is 0.272. The zero-order valence-electron chi connectivity index (χ0n) is 23.4. The first-order valence-corrected chi connectivity index (χ1v) is 14.3. The Balaban J connectivity index is 0.000000421. The number of nitrogens with one attached hydrogen (secondary N) is 2. The van der Waals surface area contributed by atoms with Gasteiger partial charge in [-0.25, -0.2) is 9.59 Å². The summed E-state index contributed by atoms with van der Waals surface area (Å²) in [6.07, 6.45) is -5.91. The number of hydrogen-bond donors (Lipinski definition) is 2. The first-order chi connectivity index (χ1) is 20.9. The largest absolute Gasteiger partial charge is 0.676 e. The number of amides is 3. The van der Waals surface area contributed by atoms with Crippen molar-refractivity contribution >= 4 is 41.2 Å². The van der Waals surface area contributed by atoms with Gasteiger partial charge < -0.3 is 25.8 Å². The van der Waals surface area contributed by atoms with Gasteiger partial charge in [-0.2, -0.15) is 13.2 Å². The summed E-state index contributed by atoms with van der Waals surface area (Å²) in [5.74, 6) is -0.131. The number of urea groups is 1. The third kappa shape index (κ3) is 7.55. The Morgan fingerprint density at radius 2 is 1.68 bits per heavy atom. The first kappa shape index (κ1) is 32.9. The first-order valence-electron chi connectivity index (χ1n) is 13.6. The van der Waals surface area contributed by atoms with Crippen molar-refractivity contribution in [2.24, 2.45) is 4.99 Å². The Morgan fingerprint density at radius 1 is 1.07 bits per heavy atom. The summed E-state index contributed by atoms with van der Waals surface area (Å²) in [7, 11) is 0. The van der Waals surface area contributed by atoms with Crippen molar-refractivity contribution in [3.63, 3.8) is 0 Å². The van der Waals surface area contributed by atoms with E-state index in [-0.39, 0.29) is 29.8 Å². The highest BCUT2D eigenvalue weighted by Crippen LogP contribution is 2.45. The van der Waals surface area contributed by atoms with Gasteiger partial charge in [0.25, 0.3) is 0 Å². The minimum absolute atomic E-state index is 0.0189. The number of carbonyl (C=O) groups excluding carboxylic acids is 1. The van der Waals surface area contributed by atoms with Gasteiger partial charge in [-0.1, -0.05) is 47.5 Å². The molecule has 5 rings (SSSR count). The minimum atomic E-state index is -4.59. The highest BCUT2D eigenvalue weighted by molar-refractivity contribution is 6.30. The van der Waals surface area contributed by atoms with Crippen molar-refractivity contribution in [3.8, 4) is 5.75 Å². The molecular formula is C30H29Cl2F3N5O4-. The van der Waals surface area contributed by atoms with E-state index in [0.717, 1.165) is 30.1 Å². The van der Waals surface area contributed by atoms with Crippen molar-refractivity contribution in [1.82, 2.24) is 15.1 Å². The number of nitrogens with zero attached hydrogens (tertiary/aromatic N) is 3. The zero-order chi connectivity index (χ0) is 32.0. The van der Waals surface area contributed by atoms with Crippen LogP contribution in [0.4, 0.5) is 22.8 Å². The molecule has 0 saturated carbocycles. The second-order valence-electron chi connectivity index (χ2n) is 9.71. The number of rotatable bonds is 7. The lowest BCUT2D eigenvalue weighted by Gasteiger charge is -2.27. The molecule has 2 heterocycles. The van der Waals surface area contributed by atoms with Crippen LogP contribution in [0.15, 0.2) is 71.7 Å². The van der Waals surface area contributed by atoms with Crippen LogP contribution < -0.4 is 10.1 Å². The maximum Gasteiger partial charge on any atom is 0.416 e. The van der Waals surface area contributed by atoms with E-state index in [1.54, 1.807) is 60.4 Å². The molecular weight excluding hydrogens is 622 g/mol. The maximum absolute atomic E-state index is 13.3. The molecule has 0 radical (unpaired) electrons. The van der Waals surface area contributed by atoms with Crippen LogP contribution in [0.5, 0.6) is 5.75 Å². The van der Waals surface area contributed by atoms with Crippen LogP contribution in [0.2, 0.25) is 10.0 Å². The Kier molecular flexibility index (Phi) is 10.6. The Hall–Kier alpha value is -4.00. The van der Waals surface area contributed by atoms with E-state index in [1.165, 1.54) is 6.07 Å². The van der Waals surface area contributed by atoms with Crippen molar-refractivity contribution in [1.29, 1.82) is 0 Å². The molecule has 0 spiro atoms. The summed E-state index contributed by atoms with van der Waals surface area (Å²) in [6, 6.07) is 14.9. The van der Waals surface area contributed by atoms with E-state index < -0.39 is 29.9 Å². The van der Waals surface area contributed by atoms with E-state index in [1.807, 2.05) is 0 Å². The molecule has 2 aliphatic heterocycles. The fourth-order valence-electron chi connectivity index (χ4n) is 4.87. The Morgan fingerprint density at radius 3 is 2.18 bits per heavy atom. The van der Waals surface area contributed by atoms with E-state index in [2.05, 4.69) is 5.32 Å². The van der Waals surface area contributed by atoms with Gasteiger partial charge in [0.15, 0.2) is 0 Å². The van der Waals surface area contributed by atoms with Gasteiger partial charge in [0.05, 0.1) is 23.8 Å². The van der Waals surface area contributed by atoms with Crippen LogP contribution in [0.3, 0.4) is 0 Å². The standard InChI is InChI=1S/C25H19Cl2F3N2O3.C5H10N3O/c1-2-35-20-13-16(25(28,29)30)7-12-19(20)23-31-21(14-3-8-17(26)9-4-14)22(32(23)24(33)34)15-5-10-18(27)11-6-15;6-1-3-8-4-2-7-5(8)9/h3-13,21-22H,2H2,1H3,(H,33,34);6H,1-4H2,(H,7,9)/q;-1. The fraction of sp³-hybridized carbons (Fsp3) is 0.300. The topological polar surface area (TPSA) is 118 Å². The van der Waals surface area contributed by atoms with E-state index in [4.69, 9.17) is 38.7 Å². The summed E-state index contributed by atoms with van der Waals surface area (Å²) >= 11 is 12.1. The number of alkyl halides is 3. The van der Waals surface area contributed by atoms with Crippen LogP contribution in [-0.2, 0) is 6.18 Å². The predicted octanol–water partition coefficient (Wildman–Crippen LogP) is 7.70. The molecule has 1 fully saturated rings. The number of benzene rings is 3. The van der Waals surface area contributed by atoms with E-state index in [0.29, 0.717) is 34.3 Å². The molecule has 234 valence electrons. The monoisotopic (exact) mass is 650 g/mol. The molecule has 0 aromatic heterocycles. The molecule has 3 N–H and O–H groups in total. The number of ether oxygens (including phenoxy) is 1. The normalized spacial score (nSPS) is 18.0. The lowest BCUT2D eigenvalue weighted by Crippen LogP contribution is -2.37. The smallest absolute Gasteiger partial charge is 0.416 e. The van der Waals surface area contributed by atoms with Crippen LogP contribution in [-0.4, -0.2) is 65.7 Å². The molecule has 0 bridgehead atoms. The molecule has 1 saturated heterocycles. The molecule has 3 aromatic carbocycles. The van der Waals surface area contributed by atoms with E-state index in [9.17, 15) is 27.9 Å². The number of amidine groups is 1. The van der Waals surface area contributed by atoms with Crippen LogP contribution >= 0.6 is 23.2 Å². The second-order valence-corrected chi connectivity index (χ2v) is 10.6. The number of carbonyl (C=O) groups is 2. The molecule has 3 aromatic rings. The SMILES string of the molecule is CCOc1cc(C(F)(F)F)ccc1C1=NC(c2ccc(Cl)cc2)C(c2ccc(Cl)cc2)N1C(=O)O.[NH-]CCN1CCNC1=O. The second kappa shape index (κ2) is 14.2. The number of halogens is 5. The van der Waals surface area contributed by atoms with Gasteiger partial charge in [-0.05, 0) is 60.5 Å². The number of hydrogen-bond acceptors (Lipinski definition) is 4. The molecule has 0 aliphatic carbocycles. The van der Waals surface area contributed by atoms with E-state index >= 15 is 0 Å². The fourth-order valence-corrected chi connectivity index (χ4v) is 5.12. The van der Waals surface area contributed by atoms with Crippen molar-refractivity contribution in [2.75, 3.05) is 32.8 Å². The Labute approximate surface area is 262 Å². The lowest BCUT2D eigenvalue weighted by atomic mass is 9.94. The molecule has 2 aliphatic rings. The van der Waals surface area contributed by atoms with Gasteiger partial charge in [0.1, 0.15) is 17.6 Å². The molecule has 14 heteroatoms. The van der Waals surface area contributed by atoms with Gasteiger partial charge in [0.2, 0.25) is 0 Å². The van der Waals surface area contributed by atoms with Gasteiger partial charge in [0, 0.05) is 29.7 Å². The lowest BCUT2D eigenvalue weighted by molar-refractivity contribution is -0.137. The number of carboxylic acid groups (broad SMARTS) is 1. The molecule has 2 atom stereocenters. The third-order valence-electron chi connectivity index (χ3n) is 6.87. The maximum atomic E-state index is 13.3. The average Bonchev–Trinajstić information content (AvgIpc) is 3.58. The summed E-state index contributed by atoms with van der Waals surface area (Å²) in [5.41, 5.74) is 7.36. The summed E-state index contributed by atoms with van der Waals surface area (Å²) in [4.78, 5) is 30.6. The summed E-state index contributed by atoms with van der Waals surface area (Å²) < 4.78 is 45.5. The minimum Gasteiger partial charge on any atom is -0.676 e. The summed E-state index contributed by atoms with van der Waals surface area (Å²) in [6.45, 7) is 4.06. The predicted molar refractivity (Wildman–Crippen MR) is 162 cm³/mol. The van der Waals surface area contributed by atoms with Crippen LogP contribution in [0.1, 0.15) is 41.3 Å². The third-order valence-corrected chi connectivity index (χ3v) is 7.38. The molecule has 3 amide bonds. The number of aliphatic imine (C=N–C) groups is 1. The van der Waals surface area contributed by atoms with Crippen molar-refractivity contribution in [2.45, 2.75) is 25.2 Å². The van der Waals surface area contributed by atoms with Gasteiger partial charge in [-0.15, -0.1) is 6.54 Å². The zero-order valence-corrected chi connectivity index (χ0v) is 25.0. The Bertz CT molecular complexity index is 1500. The summed E-state index contributed by atoms with van der Waals surface area (Å²) in [5, 5.41) is 13.8. The molecule has 9 nitrogen and oxygen atoms in total. The van der Waals surface area contributed by atoms with Crippen LogP contribution in [0, 0.1) is 0 Å². The highest BCUT2D eigenvalue weighted by Gasteiger charge is 2.43. The average molecular weight is 651 g/mol. The molecule has 44 heavy (non-hydrogen) atoms. The van der Waals surface area contributed by atoms with Crippen molar-refractivity contribution in [3.05, 3.63) is 105 Å². The van der Waals surface area contributed by atoms with Gasteiger partial charge >= 0.3 is 18.3 Å². The highest BCUT2D eigenvalue weighted by atomic mass is 35.5. The molecule has 2 unspecified atom stereocenters. The van der Waals surface area contributed by atoms with Crippen LogP contribution in [0.25, 0.3) is 5.73 Å². The van der Waals surface area contributed by atoms with Crippen molar-refractivity contribution < 1.29 is 32.6 Å². The van der Waals surface area contributed by atoms with Gasteiger partial charge in [-0.3, -0.25) is 9.89 Å².